The molecule has 2 heteroatoms. The van der Waals surface area contributed by atoms with E-state index in [1.54, 1.807) is 11.3 Å². The Labute approximate surface area is 69.5 Å². The van der Waals surface area contributed by atoms with Crippen LogP contribution in [0.2, 0.25) is 0 Å². The lowest BCUT2D eigenvalue weighted by atomic mass is 10.1. The third-order valence-corrected chi connectivity index (χ3v) is 2.88. The van der Waals surface area contributed by atoms with Crippen LogP contribution < -0.4 is 5.73 Å². The fourth-order valence-corrected chi connectivity index (χ4v) is 2.25. The number of aryl methyl sites for hydroxylation is 1. The number of hydrogen-bond acceptors (Lipinski definition) is 2. The van der Waals surface area contributed by atoms with E-state index in [9.17, 15) is 0 Å². The number of benzene rings is 1. The van der Waals surface area contributed by atoms with Gasteiger partial charge in [0, 0.05) is 15.8 Å². The monoisotopic (exact) mass is 163 g/mol. The van der Waals surface area contributed by atoms with E-state index in [-0.39, 0.29) is 0 Å². The third kappa shape index (κ3) is 0.906. The van der Waals surface area contributed by atoms with Gasteiger partial charge in [-0.1, -0.05) is 6.07 Å². The quantitative estimate of drug-likeness (QED) is 0.594. The smallest absolute Gasteiger partial charge is 0.0404 e. The van der Waals surface area contributed by atoms with Crippen molar-refractivity contribution in [2.45, 2.75) is 6.92 Å². The molecule has 1 nitrogen and oxygen atoms in total. The van der Waals surface area contributed by atoms with Crippen LogP contribution in [0.5, 0.6) is 0 Å². The summed E-state index contributed by atoms with van der Waals surface area (Å²) in [6.45, 7) is 2.09. The van der Waals surface area contributed by atoms with E-state index in [1.165, 1.54) is 15.6 Å². The van der Waals surface area contributed by atoms with Crippen molar-refractivity contribution in [3.8, 4) is 0 Å². The Kier molecular flexibility index (Phi) is 1.36. The molecule has 1 aromatic heterocycles. The minimum atomic E-state index is 0.890. The van der Waals surface area contributed by atoms with Crippen LogP contribution in [-0.4, -0.2) is 0 Å². The first-order valence-electron chi connectivity index (χ1n) is 3.51. The summed E-state index contributed by atoms with van der Waals surface area (Å²) < 4.78 is 1.28. The topological polar surface area (TPSA) is 26.0 Å². The molecule has 56 valence electrons. The van der Waals surface area contributed by atoms with Gasteiger partial charge < -0.3 is 5.73 Å². The summed E-state index contributed by atoms with van der Waals surface area (Å²) in [7, 11) is 0. The summed E-state index contributed by atoms with van der Waals surface area (Å²) in [5.41, 5.74) is 7.98. The zero-order valence-corrected chi connectivity index (χ0v) is 7.11. The molecule has 0 aliphatic heterocycles. The van der Waals surface area contributed by atoms with Crippen LogP contribution >= 0.6 is 11.3 Å². The second-order valence-corrected chi connectivity index (χ2v) is 3.55. The standard InChI is InChI=1S/C9H9NS/c1-6-5-11-8-4-2-3-7(10)9(6)8/h2-5H,10H2,1H3. The normalized spacial score (nSPS) is 10.6. The highest BCUT2D eigenvalue weighted by atomic mass is 32.1. The van der Waals surface area contributed by atoms with Gasteiger partial charge in [-0.3, -0.25) is 0 Å². The van der Waals surface area contributed by atoms with Gasteiger partial charge in [-0.05, 0) is 30.0 Å². The van der Waals surface area contributed by atoms with Crippen molar-refractivity contribution >= 4 is 27.1 Å². The molecule has 1 aromatic carbocycles. The summed E-state index contributed by atoms with van der Waals surface area (Å²) in [6, 6.07) is 6.04. The van der Waals surface area contributed by atoms with Crippen LogP contribution in [0, 0.1) is 6.92 Å². The summed E-state index contributed by atoms with van der Waals surface area (Å²) in [5.74, 6) is 0. The summed E-state index contributed by atoms with van der Waals surface area (Å²) >= 11 is 1.75. The molecule has 1 heterocycles. The number of thiophene rings is 1. The predicted octanol–water partition coefficient (Wildman–Crippen LogP) is 2.79. The molecular weight excluding hydrogens is 154 g/mol. The highest BCUT2D eigenvalue weighted by molar-refractivity contribution is 7.17. The molecule has 11 heavy (non-hydrogen) atoms. The molecular formula is C9H9NS. The van der Waals surface area contributed by atoms with Gasteiger partial charge in [0.15, 0.2) is 0 Å². The van der Waals surface area contributed by atoms with E-state index < -0.39 is 0 Å². The first-order valence-corrected chi connectivity index (χ1v) is 4.39. The fraction of sp³-hybridized carbons (Fsp3) is 0.111. The van der Waals surface area contributed by atoms with Gasteiger partial charge in [-0.2, -0.15) is 0 Å². The van der Waals surface area contributed by atoms with E-state index in [2.05, 4.69) is 18.4 Å². The molecule has 0 bridgehead atoms. The largest absolute Gasteiger partial charge is 0.398 e. The van der Waals surface area contributed by atoms with Gasteiger partial charge in [-0.15, -0.1) is 11.3 Å². The Morgan fingerprint density at radius 3 is 2.91 bits per heavy atom. The minimum absolute atomic E-state index is 0.890. The number of nitrogens with two attached hydrogens (primary N) is 1. The highest BCUT2D eigenvalue weighted by Gasteiger charge is 2.01. The lowest BCUT2D eigenvalue weighted by Gasteiger charge is -1.95. The van der Waals surface area contributed by atoms with E-state index in [0.29, 0.717) is 0 Å². The molecule has 0 aliphatic carbocycles. The molecule has 0 radical (unpaired) electrons. The molecule has 2 N–H and O–H groups in total. The fourth-order valence-electron chi connectivity index (χ4n) is 1.28. The maximum Gasteiger partial charge on any atom is 0.0404 e. The predicted molar refractivity (Wildman–Crippen MR) is 51.0 cm³/mol. The second-order valence-electron chi connectivity index (χ2n) is 2.64. The number of hydrogen-bond donors (Lipinski definition) is 1. The molecule has 0 atom stereocenters. The van der Waals surface area contributed by atoms with Crippen molar-refractivity contribution in [1.29, 1.82) is 0 Å². The Balaban J connectivity index is 2.96. The Morgan fingerprint density at radius 2 is 2.18 bits per heavy atom. The average molecular weight is 163 g/mol. The summed E-state index contributed by atoms with van der Waals surface area (Å²) in [5, 5.41) is 3.36. The van der Waals surface area contributed by atoms with Gasteiger partial charge in [0.1, 0.15) is 0 Å². The Hall–Kier alpha value is -1.02. The van der Waals surface area contributed by atoms with Crippen LogP contribution in [-0.2, 0) is 0 Å². The molecule has 2 aromatic rings. The molecule has 2 rings (SSSR count). The van der Waals surface area contributed by atoms with Crippen molar-refractivity contribution in [2.24, 2.45) is 0 Å². The van der Waals surface area contributed by atoms with Gasteiger partial charge in [0.2, 0.25) is 0 Å². The van der Waals surface area contributed by atoms with Crippen LogP contribution in [0.15, 0.2) is 23.6 Å². The van der Waals surface area contributed by atoms with Crippen LogP contribution in [0.4, 0.5) is 5.69 Å². The summed E-state index contributed by atoms with van der Waals surface area (Å²) in [6.07, 6.45) is 0. The van der Waals surface area contributed by atoms with Crippen LogP contribution in [0.3, 0.4) is 0 Å². The zero-order chi connectivity index (χ0) is 7.84. The van der Waals surface area contributed by atoms with Crippen molar-refractivity contribution in [2.75, 3.05) is 5.73 Å². The third-order valence-electron chi connectivity index (χ3n) is 1.82. The molecule has 0 fully saturated rings. The van der Waals surface area contributed by atoms with Gasteiger partial charge in [-0.25, -0.2) is 0 Å². The van der Waals surface area contributed by atoms with Crippen LogP contribution in [0.1, 0.15) is 5.56 Å². The van der Waals surface area contributed by atoms with E-state index in [0.717, 1.165) is 5.69 Å². The second kappa shape index (κ2) is 2.24. The average Bonchev–Trinajstić information content (AvgIpc) is 2.34. The van der Waals surface area contributed by atoms with E-state index in [1.807, 2.05) is 12.1 Å². The van der Waals surface area contributed by atoms with Crippen molar-refractivity contribution in [3.63, 3.8) is 0 Å². The lowest BCUT2D eigenvalue weighted by Crippen LogP contribution is -1.84. The zero-order valence-electron chi connectivity index (χ0n) is 6.29. The first kappa shape index (κ1) is 6.68. The van der Waals surface area contributed by atoms with Gasteiger partial charge >= 0.3 is 0 Å². The number of nitrogen functional groups attached to an aromatic ring is 1. The van der Waals surface area contributed by atoms with Crippen molar-refractivity contribution in [1.82, 2.24) is 0 Å². The van der Waals surface area contributed by atoms with Crippen LogP contribution in [0.25, 0.3) is 10.1 Å². The molecule has 0 aliphatic rings. The molecule has 0 unspecified atom stereocenters. The SMILES string of the molecule is Cc1csc2cccc(N)c12. The van der Waals surface area contributed by atoms with Crippen molar-refractivity contribution < 1.29 is 0 Å². The van der Waals surface area contributed by atoms with E-state index in [4.69, 9.17) is 5.73 Å². The molecule has 0 amide bonds. The Morgan fingerprint density at radius 1 is 1.36 bits per heavy atom. The summed E-state index contributed by atoms with van der Waals surface area (Å²) in [4.78, 5) is 0. The van der Waals surface area contributed by atoms with Gasteiger partial charge in [0.25, 0.3) is 0 Å². The molecule has 0 spiro atoms. The maximum atomic E-state index is 5.81. The molecule has 0 saturated carbocycles. The van der Waals surface area contributed by atoms with E-state index >= 15 is 0 Å². The number of rotatable bonds is 0. The Bertz CT molecular complexity index is 389. The highest BCUT2D eigenvalue weighted by Crippen LogP contribution is 2.29. The number of fused-ring (bicyclic) bond motifs is 1. The minimum Gasteiger partial charge on any atom is -0.398 e. The van der Waals surface area contributed by atoms with Crippen molar-refractivity contribution in [3.05, 3.63) is 29.1 Å². The van der Waals surface area contributed by atoms with Gasteiger partial charge in [0.05, 0.1) is 0 Å². The lowest BCUT2D eigenvalue weighted by molar-refractivity contribution is 1.60. The first-order chi connectivity index (χ1) is 5.29. The maximum absolute atomic E-state index is 5.81. The molecule has 0 saturated heterocycles. The number of anilines is 1.